The number of amides is 1. The summed E-state index contributed by atoms with van der Waals surface area (Å²) in [6, 6.07) is 16.0. The molecule has 8 heteroatoms. The van der Waals surface area contributed by atoms with E-state index in [2.05, 4.69) is 47.6 Å². The van der Waals surface area contributed by atoms with Gasteiger partial charge in [0.15, 0.2) is 0 Å². The molecule has 0 saturated heterocycles. The Bertz CT molecular complexity index is 1760. The van der Waals surface area contributed by atoms with Crippen LogP contribution in [0.5, 0.6) is 0 Å². The maximum atomic E-state index is 12.4. The molecule has 0 aliphatic heterocycles. The number of anilines is 1. The molecule has 0 aliphatic carbocycles. The zero-order valence-corrected chi connectivity index (χ0v) is 20.7. The van der Waals surface area contributed by atoms with Gasteiger partial charge in [-0.3, -0.25) is 24.8 Å². The summed E-state index contributed by atoms with van der Waals surface area (Å²) in [5.74, 6) is -0.0574. The fraction of sp³-hybridized carbons (Fsp3) is 0.138. The van der Waals surface area contributed by atoms with Crippen LogP contribution < -0.4 is 5.32 Å². The molecule has 182 valence electrons. The molecule has 37 heavy (non-hydrogen) atoms. The number of fused-ring (bicyclic) bond motifs is 2. The molecule has 5 heterocycles. The molecule has 0 fully saturated rings. The lowest BCUT2D eigenvalue weighted by molar-refractivity contribution is -0.123. The molecule has 3 N–H and O–H groups in total. The first-order chi connectivity index (χ1) is 17.9. The average molecular weight is 488 g/mol. The largest absolute Gasteiger partial charge is 0.353 e. The Hall–Kier alpha value is -4.85. The molecule has 1 amide bonds. The summed E-state index contributed by atoms with van der Waals surface area (Å²) in [5.41, 5.74) is 7.48. The molecule has 6 aromatic rings. The van der Waals surface area contributed by atoms with Crippen molar-refractivity contribution in [2.24, 2.45) is 5.41 Å². The number of hydrogen-bond acceptors (Lipinski definition) is 5. The highest BCUT2D eigenvalue weighted by atomic mass is 16.2. The van der Waals surface area contributed by atoms with Crippen LogP contribution in [-0.4, -0.2) is 36.0 Å². The summed E-state index contributed by atoms with van der Waals surface area (Å²) in [6.45, 7) is 5.65. The maximum absolute atomic E-state index is 12.4. The van der Waals surface area contributed by atoms with E-state index < -0.39 is 5.41 Å². The molecule has 5 aromatic heterocycles. The fourth-order valence-corrected chi connectivity index (χ4v) is 4.30. The third kappa shape index (κ3) is 4.23. The number of aromatic amines is 2. The van der Waals surface area contributed by atoms with E-state index in [1.54, 1.807) is 24.8 Å². The minimum atomic E-state index is -0.493. The Morgan fingerprint density at radius 3 is 2.46 bits per heavy atom. The summed E-state index contributed by atoms with van der Waals surface area (Å²) in [7, 11) is 0. The molecule has 0 unspecified atom stereocenters. The van der Waals surface area contributed by atoms with Crippen molar-refractivity contribution >= 4 is 33.4 Å². The predicted octanol–water partition coefficient (Wildman–Crippen LogP) is 6.21. The van der Waals surface area contributed by atoms with Gasteiger partial charge in [0.2, 0.25) is 5.91 Å². The lowest BCUT2D eigenvalue weighted by atomic mass is 9.95. The third-order valence-electron chi connectivity index (χ3n) is 6.31. The molecule has 0 spiro atoms. The third-order valence-corrected chi connectivity index (χ3v) is 6.31. The number of aromatic nitrogens is 6. The number of pyridine rings is 3. The molecular weight excluding hydrogens is 462 g/mol. The van der Waals surface area contributed by atoms with Crippen LogP contribution in [0.15, 0.2) is 79.5 Å². The normalized spacial score (nSPS) is 11.8. The summed E-state index contributed by atoms with van der Waals surface area (Å²) < 4.78 is 0. The van der Waals surface area contributed by atoms with Gasteiger partial charge >= 0.3 is 0 Å². The van der Waals surface area contributed by atoms with E-state index >= 15 is 0 Å². The van der Waals surface area contributed by atoms with Crippen LogP contribution in [0.1, 0.15) is 20.8 Å². The molecule has 0 aliphatic rings. The van der Waals surface area contributed by atoms with Crippen LogP contribution >= 0.6 is 0 Å². The van der Waals surface area contributed by atoms with Gasteiger partial charge in [-0.2, -0.15) is 5.10 Å². The highest BCUT2D eigenvalue weighted by Crippen LogP contribution is 2.34. The molecule has 0 radical (unpaired) electrons. The van der Waals surface area contributed by atoms with E-state index in [1.807, 2.05) is 63.4 Å². The van der Waals surface area contributed by atoms with Crippen LogP contribution in [0.4, 0.5) is 5.69 Å². The number of H-pyrrole nitrogens is 2. The van der Waals surface area contributed by atoms with Crippen molar-refractivity contribution in [1.82, 2.24) is 30.1 Å². The number of rotatable bonds is 4. The van der Waals surface area contributed by atoms with Gasteiger partial charge < -0.3 is 10.3 Å². The second-order valence-corrected chi connectivity index (χ2v) is 10.0. The highest BCUT2D eigenvalue weighted by Gasteiger charge is 2.21. The first-order valence-corrected chi connectivity index (χ1v) is 12.0. The fourth-order valence-electron chi connectivity index (χ4n) is 4.30. The predicted molar refractivity (Wildman–Crippen MR) is 146 cm³/mol. The number of hydrogen-bond donors (Lipinski definition) is 3. The van der Waals surface area contributed by atoms with Gasteiger partial charge in [0.25, 0.3) is 0 Å². The van der Waals surface area contributed by atoms with Gasteiger partial charge in [-0.05, 0) is 48.0 Å². The second kappa shape index (κ2) is 8.67. The Morgan fingerprint density at radius 2 is 1.65 bits per heavy atom. The summed E-state index contributed by atoms with van der Waals surface area (Å²) in [4.78, 5) is 29.2. The second-order valence-electron chi connectivity index (χ2n) is 10.0. The van der Waals surface area contributed by atoms with Crippen molar-refractivity contribution in [1.29, 1.82) is 0 Å². The van der Waals surface area contributed by atoms with Crippen molar-refractivity contribution in [2.75, 3.05) is 5.32 Å². The zero-order chi connectivity index (χ0) is 25.6. The quantitative estimate of drug-likeness (QED) is 0.273. The Labute approximate surface area is 213 Å². The Balaban J connectivity index is 1.40. The van der Waals surface area contributed by atoms with Crippen LogP contribution in [-0.2, 0) is 4.79 Å². The van der Waals surface area contributed by atoms with E-state index in [0.717, 1.165) is 55.6 Å². The van der Waals surface area contributed by atoms with Gasteiger partial charge in [0.05, 0.1) is 28.8 Å². The van der Waals surface area contributed by atoms with Crippen molar-refractivity contribution < 1.29 is 4.79 Å². The SMILES string of the molecule is CC(C)(C)C(=O)Nc1cncc(-c2ccc3[nH]nc(-c4cc5c(-c6cccnc6)nccc5[nH]4)c3c2)c1. The minimum Gasteiger partial charge on any atom is -0.353 e. The molecule has 0 bridgehead atoms. The first kappa shape index (κ1) is 22.6. The first-order valence-electron chi connectivity index (χ1n) is 12.0. The van der Waals surface area contributed by atoms with E-state index in [4.69, 9.17) is 0 Å². The molecule has 6 rings (SSSR count). The van der Waals surface area contributed by atoms with Gasteiger partial charge in [0.1, 0.15) is 5.69 Å². The summed E-state index contributed by atoms with van der Waals surface area (Å²) in [5, 5.41) is 12.7. The van der Waals surface area contributed by atoms with Crippen LogP contribution in [0, 0.1) is 5.41 Å². The van der Waals surface area contributed by atoms with Crippen LogP contribution in [0.2, 0.25) is 0 Å². The zero-order valence-electron chi connectivity index (χ0n) is 20.7. The van der Waals surface area contributed by atoms with Crippen molar-refractivity contribution in [3.8, 4) is 33.8 Å². The van der Waals surface area contributed by atoms with E-state index in [-0.39, 0.29) is 5.91 Å². The number of benzene rings is 1. The Morgan fingerprint density at radius 1 is 0.811 bits per heavy atom. The molecule has 1 aromatic carbocycles. The lowest BCUT2D eigenvalue weighted by Gasteiger charge is -2.17. The number of carbonyl (C=O) groups is 1. The molecule has 0 atom stereocenters. The van der Waals surface area contributed by atoms with E-state index in [0.29, 0.717) is 5.69 Å². The van der Waals surface area contributed by atoms with Gasteiger partial charge in [0, 0.05) is 57.6 Å². The van der Waals surface area contributed by atoms with E-state index in [9.17, 15) is 4.79 Å². The summed E-state index contributed by atoms with van der Waals surface area (Å²) in [6.07, 6.45) is 8.82. The minimum absolute atomic E-state index is 0.0574. The van der Waals surface area contributed by atoms with Gasteiger partial charge in [-0.25, -0.2) is 0 Å². The van der Waals surface area contributed by atoms with Crippen molar-refractivity contribution in [3.63, 3.8) is 0 Å². The number of carbonyl (C=O) groups excluding carboxylic acids is 1. The standard InChI is InChI=1S/C29H25N7O/c1-29(2,3)28(37)33-20-11-19(15-31-16-20)17-6-7-24-21(12-17)27(36-35-24)25-13-22-23(34-25)8-10-32-26(22)18-5-4-9-30-14-18/h4-16,34H,1-3H3,(H,33,37)(H,35,36). The smallest absolute Gasteiger partial charge is 0.229 e. The molecule has 8 nitrogen and oxygen atoms in total. The molecular formula is C29H25N7O. The highest BCUT2D eigenvalue weighted by molar-refractivity contribution is 6.01. The summed E-state index contributed by atoms with van der Waals surface area (Å²) >= 11 is 0. The number of nitrogens with zero attached hydrogens (tertiary/aromatic N) is 4. The van der Waals surface area contributed by atoms with Gasteiger partial charge in [-0.15, -0.1) is 0 Å². The van der Waals surface area contributed by atoms with Gasteiger partial charge in [-0.1, -0.05) is 26.8 Å². The average Bonchev–Trinajstić information content (AvgIpc) is 3.52. The van der Waals surface area contributed by atoms with Crippen LogP contribution in [0.3, 0.4) is 0 Å². The molecule has 0 saturated carbocycles. The number of nitrogens with one attached hydrogen (secondary N) is 3. The Kier molecular flexibility index (Phi) is 5.30. The lowest BCUT2D eigenvalue weighted by Crippen LogP contribution is -2.27. The maximum Gasteiger partial charge on any atom is 0.229 e. The topological polar surface area (TPSA) is 112 Å². The van der Waals surface area contributed by atoms with Crippen molar-refractivity contribution in [3.05, 3.63) is 79.5 Å². The van der Waals surface area contributed by atoms with Crippen LogP contribution in [0.25, 0.3) is 55.6 Å². The van der Waals surface area contributed by atoms with E-state index in [1.165, 1.54) is 0 Å². The monoisotopic (exact) mass is 487 g/mol. The van der Waals surface area contributed by atoms with Crippen molar-refractivity contribution in [2.45, 2.75) is 20.8 Å².